The van der Waals surface area contributed by atoms with Gasteiger partial charge >= 0.3 is 6.61 Å². The monoisotopic (exact) mass is 331 g/mol. The summed E-state index contributed by atoms with van der Waals surface area (Å²) in [6.45, 7) is -1.27. The van der Waals surface area contributed by atoms with Crippen LogP contribution in [0.15, 0.2) is 23.2 Å². The second-order valence-electron chi connectivity index (χ2n) is 4.55. The Labute approximate surface area is 134 Å². The molecular weight excluding hydrogens is 308 g/mol. The van der Waals surface area contributed by atoms with Crippen LogP contribution >= 0.6 is 0 Å². The minimum atomic E-state index is -2.90. The molecule has 8 heteroatoms. The van der Waals surface area contributed by atoms with E-state index in [-0.39, 0.29) is 12.3 Å². The van der Waals surface area contributed by atoms with E-state index in [4.69, 9.17) is 9.47 Å². The number of rotatable bonds is 9. The number of guanidine groups is 1. The number of aliphatic imine (C=N–C) groups is 1. The van der Waals surface area contributed by atoms with Gasteiger partial charge in [0.15, 0.2) is 5.96 Å². The third-order valence-electron chi connectivity index (χ3n) is 2.98. The van der Waals surface area contributed by atoms with Crippen LogP contribution in [0.1, 0.15) is 12.0 Å². The third-order valence-corrected chi connectivity index (χ3v) is 2.98. The van der Waals surface area contributed by atoms with E-state index < -0.39 is 6.61 Å². The topological polar surface area (TPSA) is 64.1 Å². The summed E-state index contributed by atoms with van der Waals surface area (Å²) in [5.41, 5.74) is 0.575. The predicted molar refractivity (Wildman–Crippen MR) is 84.3 cm³/mol. The average Bonchev–Trinajstić information content (AvgIpc) is 2.54. The van der Waals surface area contributed by atoms with Gasteiger partial charge in [0, 0.05) is 45.5 Å². The van der Waals surface area contributed by atoms with Crippen molar-refractivity contribution >= 4 is 5.96 Å². The zero-order chi connectivity index (χ0) is 17.1. The van der Waals surface area contributed by atoms with Crippen molar-refractivity contribution < 1.29 is 23.0 Å². The molecule has 23 heavy (non-hydrogen) atoms. The second kappa shape index (κ2) is 10.6. The largest absolute Gasteiger partial charge is 0.497 e. The number of hydrogen-bond donors (Lipinski definition) is 2. The molecular formula is C15H23F2N3O3. The highest BCUT2D eigenvalue weighted by Gasteiger charge is 2.11. The van der Waals surface area contributed by atoms with E-state index in [9.17, 15) is 8.78 Å². The predicted octanol–water partition coefficient (Wildman–Crippen LogP) is 2.00. The van der Waals surface area contributed by atoms with E-state index in [2.05, 4.69) is 20.4 Å². The lowest BCUT2D eigenvalue weighted by atomic mass is 10.2. The first-order chi connectivity index (χ1) is 11.1. The molecule has 130 valence electrons. The Hall–Kier alpha value is -2.09. The third kappa shape index (κ3) is 7.14. The highest BCUT2D eigenvalue weighted by Crippen LogP contribution is 2.26. The number of ether oxygens (including phenoxy) is 3. The van der Waals surface area contributed by atoms with Crippen molar-refractivity contribution in [2.45, 2.75) is 19.6 Å². The Morgan fingerprint density at radius 2 is 2.04 bits per heavy atom. The van der Waals surface area contributed by atoms with Crippen LogP contribution in [0.25, 0.3) is 0 Å². The van der Waals surface area contributed by atoms with Gasteiger partial charge in [0.1, 0.15) is 11.5 Å². The first-order valence-electron chi connectivity index (χ1n) is 7.16. The van der Waals surface area contributed by atoms with E-state index in [1.165, 1.54) is 13.2 Å². The molecule has 1 rings (SSSR count). The minimum absolute atomic E-state index is 0.0710. The lowest BCUT2D eigenvalue weighted by Crippen LogP contribution is -2.37. The van der Waals surface area contributed by atoms with E-state index in [0.29, 0.717) is 30.4 Å². The molecule has 6 nitrogen and oxygen atoms in total. The normalized spacial score (nSPS) is 11.5. The number of alkyl halides is 2. The van der Waals surface area contributed by atoms with E-state index in [0.717, 1.165) is 6.42 Å². The van der Waals surface area contributed by atoms with Crippen LogP contribution in [0.4, 0.5) is 8.78 Å². The number of hydrogen-bond acceptors (Lipinski definition) is 4. The van der Waals surface area contributed by atoms with Gasteiger partial charge < -0.3 is 24.8 Å². The molecule has 1 aromatic rings. The molecule has 0 aromatic heterocycles. The highest BCUT2D eigenvalue weighted by atomic mass is 19.3. The fraction of sp³-hybridized carbons (Fsp3) is 0.533. The maximum atomic E-state index is 12.5. The molecule has 0 radical (unpaired) electrons. The Balaban J connectivity index is 2.64. The molecule has 0 heterocycles. The summed E-state index contributed by atoms with van der Waals surface area (Å²) >= 11 is 0. The lowest BCUT2D eigenvalue weighted by molar-refractivity contribution is -0.0505. The molecule has 0 aliphatic rings. The number of methoxy groups -OCH3 is 2. The molecule has 0 saturated carbocycles. The van der Waals surface area contributed by atoms with Crippen molar-refractivity contribution in [2.75, 3.05) is 34.4 Å². The molecule has 0 bridgehead atoms. The summed E-state index contributed by atoms with van der Waals surface area (Å²) in [6.07, 6.45) is 0.833. The molecule has 0 atom stereocenters. The first kappa shape index (κ1) is 19.0. The Kier molecular flexibility index (Phi) is 8.74. The van der Waals surface area contributed by atoms with Crippen LogP contribution in [0.2, 0.25) is 0 Å². The van der Waals surface area contributed by atoms with Gasteiger partial charge in [-0.1, -0.05) is 0 Å². The average molecular weight is 331 g/mol. The quantitative estimate of drug-likeness (QED) is 0.412. The molecule has 0 fully saturated rings. The number of nitrogens with one attached hydrogen (secondary N) is 2. The van der Waals surface area contributed by atoms with Gasteiger partial charge in [-0.15, -0.1) is 0 Å². The standard InChI is InChI=1S/C15H23F2N3O3/c1-18-15(19-7-4-8-21-2)20-10-11-5-6-12(22-3)9-13(11)23-14(16)17/h5-6,9,14H,4,7-8,10H2,1-3H3,(H2,18,19,20). The fourth-order valence-electron chi connectivity index (χ4n) is 1.84. The summed E-state index contributed by atoms with van der Waals surface area (Å²) in [7, 11) is 4.74. The maximum Gasteiger partial charge on any atom is 0.387 e. The smallest absolute Gasteiger partial charge is 0.387 e. The second-order valence-corrected chi connectivity index (χ2v) is 4.55. The Bertz CT molecular complexity index is 499. The van der Waals surface area contributed by atoms with E-state index in [1.807, 2.05) is 0 Å². The molecule has 0 aliphatic carbocycles. The van der Waals surface area contributed by atoms with Crippen LogP contribution < -0.4 is 20.1 Å². The van der Waals surface area contributed by atoms with Crippen molar-refractivity contribution in [3.63, 3.8) is 0 Å². The van der Waals surface area contributed by atoms with Crippen LogP contribution in [0.5, 0.6) is 11.5 Å². The molecule has 0 saturated heterocycles. The van der Waals surface area contributed by atoms with Crippen molar-refractivity contribution in [3.05, 3.63) is 23.8 Å². The van der Waals surface area contributed by atoms with Crippen molar-refractivity contribution in [1.29, 1.82) is 0 Å². The fourth-order valence-corrected chi connectivity index (χ4v) is 1.84. The summed E-state index contributed by atoms with van der Waals surface area (Å²) < 4.78 is 39.5. The van der Waals surface area contributed by atoms with Crippen molar-refractivity contribution in [2.24, 2.45) is 4.99 Å². The number of benzene rings is 1. The number of nitrogens with zero attached hydrogens (tertiary/aromatic N) is 1. The van der Waals surface area contributed by atoms with Crippen LogP contribution in [0.3, 0.4) is 0 Å². The zero-order valence-electron chi connectivity index (χ0n) is 13.6. The van der Waals surface area contributed by atoms with E-state index >= 15 is 0 Å². The van der Waals surface area contributed by atoms with Gasteiger partial charge in [0.25, 0.3) is 0 Å². The molecule has 1 aromatic carbocycles. The van der Waals surface area contributed by atoms with Crippen LogP contribution in [-0.2, 0) is 11.3 Å². The highest BCUT2D eigenvalue weighted by molar-refractivity contribution is 5.79. The Morgan fingerprint density at radius 3 is 2.65 bits per heavy atom. The van der Waals surface area contributed by atoms with Gasteiger partial charge in [-0.2, -0.15) is 8.78 Å². The molecule has 2 N–H and O–H groups in total. The van der Waals surface area contributed by atoms with E-state index in [1.54, 1.807) is 26.3 Å². The first-order valence-corrected chi connectivity index (χ1v) is 7.16. The SMILES string of the molecule is CN=C(NCCCOC)NCc1ccc(OC)cc1OC(F)F. The van der Waals surface area contributed by atoms with Crippen LogP contribution in [0, 0.1) is 0 Å². The van der Waals surface area contributed by atoms with Crippen LogP contribution in [-0.4, -0.2) is 47.0 Å². The minimum Gasteiger partial charge on any atom is -0.497 e. The van der Waals surface area contributed by atoms with Gasteiger partial charge in [-0.25, -0.2) is 0 Å². The summed E-state index contributed by atoms with van der Waals surface area (Å²) in [4.78, 5) is 4.07. The summed E-state index contributed by atoms with van der Waals surface area (Å²) in [5, 5.41) is 6.15. The number of halogens is 2. The maximum absolute atomic E-state index is 12.5. The van der Waals surface area contributed by atoms with Gasteiger partial charge in [-0.05, 0) is 18.6 Å². The molecule has 0 aliphatic heterocycles. The molecule has 0 spiro atoms. The van der Waals surface area contributed by atoms with Crippen molar-refractivity contribution in [1.82, 2.24) is 10.6 Å². The summed E-state index contributed by atoms with van der Waals surface area (Å²) in [6, 6.07) is 4.78. The van der Waals surface area contributed by atoms with Gasteiger partial charge in [0.05, 0.1) is 7.11 Å². The lowest BCUT2D eigenvalue weighted by Gasteiger charge is -2.15. The van der Waals surface area contributed by atoms with Gasteiger partial charge in [-0.3, -0.25) is 4.99 Å². The summed E-state index contributed by atoms with van der Waals surface area (Å²) in [5.74, 6) is 1.09. The molecule has 0 unspecified atom stereocenters. The Morgan fingerprint density at radius 1 is 1.26 bits per heavy atom. The van der Waals surface area contributed by atoms with Crippen molar-refractivity contribution in [3.8, 4) is 11.5 Å². The molecule has 0 amide bonds. The van der Waals surface area contributed by atoms with Gasteiger partial charge in [0.2, 0.25) is 0 Å². The zero-order valence-corrected chi connectivity index (χ0v) is 13.6.